The van der Waals surface area contributed by atoms with Gasteiger partial charge in [0, 0.05) is 26.3 Å². The molecule has 2 rings (SSSR count). The maximum Gasteiger partial charge on any atom is 0.337 e. The smallest absolute Gasteiger partial charge is 0.337 e. The number of likely N-dealkylation sites (N-methyl/N-ethyl adjacent to an activating group) is 1. The first kappa shape index (κ1) is 16.2. The summed E-state index contributed by atoms with van der Waals surface area (Å²) < 4.78 is 10.2. The van der Waals surface area contributed by atoms with Gasteiger partial charge in [-0.15, -0.1) is 0 Å². The minimum atomic E-state index is -0.372. The first-order chi connectivity index (χ1) is 10.6. The maximum atomic E-state index is 12.0. The molecule has 1 fully saturated rings. The van der Waals surface area contributed by atoms with Crippen LogP contribution in [0.15, 0.2) is 30.3 Å². The van der Waals surface area contributed by atoms with Crippen LogP contribution in [0.4, 0.5) is 0 Å². The largest absolute Gasteiger partial charge is 0.465 e. The van der Waals surface area contributed by atoms with Gasteiger partial charge in [-0.05, 0) is 36.6 Å². The number of carbonyl (C=O) groups is 2. The molecule has 0 spiro atoms. The van der Waals surface area contributed by atoms with Crippen LogP contribution in [0, 0.1) is 0 Å². The Balaban J connectivity index is 1.89. The van der Waals surface area contributed by atoms with E-state index >= 15 is 0 Å². The molecule has 5 nitrogen and oxygen atoms in total. The summed E-state index contributed by atoms with van der Waals surface area (Å²) in [5.41, 5.74) is 1.34. The monoisotopic (exact) mass is 303 g/mol. The lowest BCUT2D eigenvalue weighted by Crippen LogP contribution is -2.32. The van der Waals surface area contributed by atoms with Crippen molar-refractivity contribution in [1.29, 1.82) is 0 Å². The number of benzene rings is 1. The van der Waals surface area contributed by atoms with Crippen molar-refractivity contribution in [3.63, 3.8) is 0 Å². The Morgan fingerprint density at radius 1 is 1.36 bits per heavy atom. The van der Waals surface area contributed by atoms with Gasteiger partial charge in [0.2, 0.25) is 5.91 Å². The molecule has 5 heteroatoms. The molecule has 1 aromatic rings. The molecule has 118 valence electrons. The van der Waals surface area contributed by atoms with Gasteiger partial charge < -0.3 is 14.4 Å². The number of ether oxygens (including phenoxy) is 2. The summed E-state index contributed by atoms with van der Waals surface area (Å²) in [6.45, 7) is 1.40. The van der Waals surface area contributed by atoms with Gasteiger partial charge in [-0.2, -0.15) is 0 Å². The normalized spacial score (nSPS) is 17.6. The van der Waals surface area contributed by atoms with Crippen LogP contribution in [0.1, 0.15) is 28.8 Å². The minimum absolute atomic E-state index is 0.0625. The number of amides is 1. The van der Waals surface area contributed by atoms with Crippen molar-refractivity contribution >= 4 is 18.0 Å². The highest BCUT2D eigenvalue weighted by Gasteiger charge is 2.18. The number of carbonyl (C=O) groups excluding carboxylic acids is 2. The van der Waals surface area contributed by atoms with Crippen molar-refractivity contribution in [3.05, 3.63) is 41.5 Å². The summed E-state index contributed by atoms with van der Waals surface area (Å²) in [5.74, 6) is -0.435. The van der Waals surface area contributed by atoms with Crippen LogP contribution in [0.3, 0.4) is 0 Å². The van der Waals surface area contributed by atoms with E-state index in [0.29, 0.717) is 12.1 Å². The standard InChI is InChI=1S/C17H21NO4/c1-18(12-15-4-3-11-22-15)16(19)10-7-13-5-8-14(9-6-13)17(20)21-2/h5-10,15H,3-4,11-12H2,1-2H3/b10-7+/t15-/m1/s1. The fourth-order valence-corrected chi connectivity index (χ4v) is 2.33. The lowest BCUT2D eigenvalue weighted by atomic mass is 10.1. The molecule has 0 bridgehead atoms. The summed E-state index contributed by atoms with van der Waals surface area (Å²) in [5, 5.41) is 0. The van der Waals surface area contributed by atoms with Gasteiger partial charge in [-0.25, -0.2) is 4.79 Å². The zero-order valence-corrected chi connectivity index (χ0v) is 13.0. The summed E-state index contributed by atoms with van der Waals surface area (Å²) >= 11 is 0. The minimum Gasteiger partial charge on any atom is -0.465 e. The molecular formula is C17H21NO4. The highest BCUT2D eigenvalue weighted by molar-refractivity contribution is 5.92. The molecule has 22 heavy (non-hydrogen) atoms. The van der Waals surface area contributed by atoms with E-state index < -0.39 is 0 Å². The molecule has 1 aliphatic rings. The third-order valence-electron chi connectivity index (χ3n) is 3.63. The molecule has 1 amide bonds. The summed E-state index contributed by atoms with van der Waals surface area (Å²) in [4.78, 5) is 25.0. The Morgan fingerprint density at radius 3 is 2.68 bits per heavy atom. The molecule has 0 unspecified atom stereocenters. The lowest BCUT2D eigenvalue weighted by Gasteiger charge is -2.19. The molecule has 0 radical (unpaired) electrons. The van der Waals surface area contributed by atoms with Crippen molar-refractivity contribution < 1.29 is 19.1 Å². The Kier molecular flexibility index (Phi) is 5.72. The van der Waals surface area contributed by atoms with Gasteiger partial charge in [0.1, 0.15) is 0 Å². The number of rotatable bonds is 5. The number of nitrogens with zero attached hydrogens (tertiary/aromatic N) is 1. The Morgan fingerprint density at radius 2 is 2.09 bits per heavy atom. The molecule has 1 saturated heterocycles. The Hall–Kier alpha value is -2.14. The number of hydrogen-bond acceptors (Lipinski definition) is 4. The van der Waals surface area contributed by atoms with Gasteiger partial charge in [0.05, 0.1) is 18.8 Å². The van der Waals surface area contributed by atoms with E-state index in [-0.39, 0.29) is 18.0 Å². The van der Waals surface area contributed by atoms with E-state index in [2.05, 4.69) is 4.74 Å². The molecular weight excluding hydrogens is 282 g/mol. The second kappa shape index (κ2) is 7.75. The molecule has 1 aliphatic heterocycles. The second-order valence-electron chi connectivity index (χ2n) is 5.30. The molecule has 0 aromatic heterocycles. The Labute approximate surface area is 130 Å². The van der Waals surface area contributed by atoms with Crippen LogP contribution < -0.4 is 0 Å². The number of hydrogen-bond donors (Lipinski definition) is 0. The van der Waals surface area contributed by atoms with Crippen molar-refractivity contribution in [1.82, 2.24) is 4.90 Å². The average Bonchev–Trinajstić information content (AvgIpc) is 3.05. The lowest BCUT2D eigenvalue weighted by molar-refractivity contribution is -0.126. The molecule has 0 aliphatic carbocycles. The summed E-state index contributed by atoms with van der Waals surface area (Å²) in [7, 11) is 3.12. The number of methoxy groups -OCH3 is 1. The fourth-order valence-electron chi connectivity index (χ4n) is 2.33. The molecule has 1 heterocycles. The zero-order valence-electron chi connectivity index (χ0n) is 13.0. The van der Waals surface area contributed by atoms with Gasteiger partial charge in [-0.1, -0.05) is 12.1 Å². The highest BCUT2D eigenvalue weighted by atomic mass is 16.5. The van der Waals surface area contributed by atoms with Crippen molar-refractivity contribution in [2.45, 2.75) is 18.9 Å². The van der Waals surface area contributed by atoms with Crippen molar-refractivity contribution in [2.24, 2.45) is 0 Å². The average molecular weight is 303 g/mol. The van der Waals surface area contributed by atoms with Gasteiger partial charge in [-0.3, -0.25) is 4.79 Å². The van der Waals surface area contributed by atoms with E-state index in [4.69, 9.17) is 4.74 Å². The van der Waals surface area contributed by atoms with Crippen LogP contribution in [0.25, 0.3) is 6.08 Å². The third-order valence-corrected chi connectivity index (χ3v) is 3.63. The quantitative estimate of drug-likeness (QED) is 0.617. The SMILES string of the molecule is COC(=O)c1ccc(/C=C/C(=O)N(C)C[C@H]2CCCO2)cc1. The van der Waals surface area contributed by atoms with Gasteiger partial charge in [0.25, 0.3) is 0 Å². The summed E-state index contributed by atoms with van der Waals surface area (Å²) in [6.07, 6.45) is 5.49. The van der Waals surface area contributed by atoms with E-state index in [0.717, 1.165) is 25.0 Å². The number of esters is 1. The highest BCUT2D eigenvalue weighted by Crippen LogP contribution is 2.13. The molecule has 0 saturated carbocycles. The predicted molar refractivity (Wildman–Crippen MR) is 83.4 cm³/mol. The van der Waals surface area contributed by atoms with E-state index in [1.54, 1.807) is 42.3 Å². The maximum absolute atomic E-state index is 12.0. The van der Waals surface area contributed by atoms with Crippen LogP contribution in [0.5, 0.6) is 0 Å². The van der Waals surface area contributed by atoms with Crippen molar-refractivity contribution in [2.75, 3.05) is 27.3 Å². The first-order valence-corrected chi connectivity index (χ1v) is 7.33. The van der Waals surface area contributed by atoms with Crippen LogP contribution in [0.2, 0.25) is 0 Å². The van der Waals surface area contributed by atoms with Crippen LogP contribution in [-0.2, 0) is 14.3 Å². The van der Waals surface area contributed by atoms with E-state index in [9.17, 15) is 9.59 Å². The second-order valence-corrected chi connectivity index (χ2v) is 5.30. The zero-order chi connectivity index (χ0) is 15.9. The van der Waals surface area contributed by atoms with Gasteiger partial charge >= 0.3 is 5.97 Å². The topological polar surface area (TPSA) is 55.8 Å². The third kappa shape index (κ3) is 4.43. The molecule has 1 aromatic carbocycles. The van der Waals surface area contributed by atoms with Crippen molar-refractivity contribution in [3.8, 4) is 0 Å². The first-order valence-electron chi connectivity index (χ1n) is 7.33. The predicted octanol–water partition coefficient (Wildman–Crippen LogP) is 2.12. The fraction of sp³-hybridized carbons (Fsp3) is 0.412. The molecule has 0 N–H and O–H groups in total. The van der Waals surface area contributed by atoms with Crippen LogP contribution >= 0.6 is 0 Å². The Bertz CT molecular complexity index is 544. The van der Waals surface area contributed by atoms with Crippen LogP contribution in [-0.4, -0.2) is 50.2 Å². The van der Waals surface area contributed by atoms with E-state index in [1.807, 2.05) is 0 Å². The summed E-state index contributed by atoms with van der Waals surface area (Å²) in [6, 6.07) is 6.89. The van der Waals surface area contributed by atoms with E-state index in [1.165, 1.54) is 13.2 Å². The van der Waals surface area contributed by atoms with Gasteiger partial charge in [0.15, 0.2) is 0 Å². The molecule has 1 atom stereocenters.